The second-order valence-electron chi connectivity index (χ2n) is 7.10. The smallest absolute Gasteiger partial charge is 0.343 e. The Morgan fingerprint density at radius 1 is 1.07 bits per heavy atom. The fourth-order valence-electron chi connectivity index (χ4n) is 3.68. The highest BCUT2D eigenvalue weighted by Gasteiger charge is 2.43. The largest absolute Gasteiger partial charge is 0.417 e. The molecule has 0 aromatic heterocycles. The van der Waals surface area contributed by atoms with Crippen LogP contribution in [0.2, 0.25) is 5.02 Å². The standard InChI is InChI=1S/C21H20ClF3N2O2/c1-14(28)27-11-9-20(10-12-27,15-5-3-2-4-6-15)19(29)26-16-7-8-18(22)17(13-16)21(23,24)25/h2-8,13H,9-12H2,1H3,(H,26,29). The molecule has 0 radical (unpaired) electrons. The lowest BCUT2D eigenvalue weighted by molar-refractivity contribution is -0.137. The highest BCUT2D eigenvalue weighted by molar-refractivity contribution is 6.31. The number of anilines is 1. The first kappa shape index (κ1) is 21.2. The molecular weight excluding hydrogens is 405 g/mol. The number of hydrogen-bond donors (Lipinski definition) is 1. The van der Waals surface area contributed by atoms with Crippen molar-refractivity contribution in [2.45, 2.75) is 31.4 Å². The number of hydrogen-bond acceptors (Lipinski definition) is 2. The van der Waals surface area contributed by atoms with E-state index in [1.54, 1.807) is 4.90 Å². The third-order valence-electron chi connectivity index (χ3n) is 5.35. The number of alkyl halides is 3. The summed E-state index contributed by atoms with van der Waals surface area (Å²) >= 11 is 5.66. The maximum Gasteiger partial charge on any atom is 0.417 e. The van der Waals surface area contributed by atoms with Gasteiger partial charge in [-0.25, -0.2) is 0 Å². The van der Waals surface area contributed by atoms with Crippen LogP contribution < -0.4 is 5.32 Å². The van der Waals surface area contributed by atoms with Crippen molar-refractivity contribution in [1.82, 2.24) is 4.90 Å². The van der Waals surface area contributed by atoms with Gasteiger partial charge in [0, 0.05) is 25.7 Å². The van der Waals surface area contributed by atoms with Crippen LogP contribution in [0.4, 0.5) is 18.9 Å². The maximum atomic E-state index is 13.3. The van der Waals surface area contributed by atoms with Crippen molar-refractivity contribution in [3.63, 3.8) is 0 Å². The van der Waals surface area contributed by atoms with E-state index in [1.807, 2.05) is 30.3 Å². The number of piperidine rings is 1. The van der Waals surface area contributed by atoms with Crippen LogP contribution in [0.15, 0.2) is 48.5 Å². The van der Waals surface area contributed by atoms with E-state index in [9.17, 15) is 22.8 Å². The zero-order valence-corrected chi connectivity index (χ0v) is 16.5. The van der Waals surface area contributed by atoms with Gasteiger partial charge in [0.25, 0.3) is 0 Å². The lowest BCUT2D eigenvalue weighted by Gasteiger charge is -2.40. The van der Waals surface area contributed by atoms with Gasteiger partial charge in [0.05, 0.1) is 16.0 Å². The molecule has 154 valence electrons. The van der Waals surface area contributed by atoms with Gasteiger partial charge >= 0.3 is 6.18 Å². The lowest BCUT2D eigenvalue weighted by atomic mass is 9.72. The third kappa shape index (κ3) is 4.40. The summed E-state index contributed by atoms with van der Waals surface area (Å²) in [5.74, 6) is -0.470. The molecule has 0 saturated carbocycles. The van der Waals surface area contributed by atoms with Crippen LogP contribution in [0, 0.1) is 0 Å². The quantitative estimate of drug-likeness (QED) is 0.763. The molecule has 1 saturated heterocycles. The van der Waals surface area contributed by atoms with Gasteiger partial charge in [0.2, 0.25) is 11.8 Å². The molecule has 2 aromatic carbocycles. The van der Waals surface area contributed by atoms with Crippen molar-refractivity contribution in [2.24, 2.45) is 0 Å². The number of likely N-dealkylation sites (tertiary alicyclic amines) is 1. The zero-order chi connectivity index (χ0) is 21.2. The summed E-state index contributed by atoms with van der Waals surface area (Å²) in [5.41, 5.74) is -1.15. The summed E-state index contributed by atoms with van der Waals surface area (Å²) in [7, 11) is 0. The topological polar surface area (TPSA) is 49.4 Å². The van der Waals surface area contributed by atoms with Gasteiger partial charge < -0.3 is 10.2 Å². The monoisotopic (exact) mass is 424 g/mol. The molecule has 0 atom stereocenters. The van der Waals surface area contributed by atoms with Gasteiger partial charge in [-0.1, -0.05) is 41.9 Å². The third-order valence-corrected chi connectivity index (χ3v) is 5.68. The molecule has 1 N–H and O–H groups in total. The van der Waals surface area contributed by atoms with E-state index in [4.69, 9.17) is 11.6 Å². The van der Waals surface area contributed by atoms with Crippen molar-refractivity contribution in [1.29, 1.82) is 0 Å². The first-order valence-electron chi connectivity index (χ1n) is 9.13. The summed E-state index contributed by atoms with van der Waals surface area (Å²) in [6.07, 6.45) is -3.87. The van der Waals surface area contributed by atoms with Crippen LogP contribution in [0.1, 0.15) is 30.9 Å². The number of nitrogens with zero attached hydrogens (tertiary/aromatic N) is 1. The van der Waals surface area contributed by atoms with E-state index in [2.05, 4.69) is 5.32 Å². The molecular formula is C21H20ClF3N2O2. The highest BCUT2D eigenvalue weighted by atomic mass is 35.5. The average molecular weight is 425 g/mol. The summed E-state index contributed by atoms with van der Waals surface area (Å²) < 4.78 is 39.4. The Bertz CT molecular complexity index is 908. The second kappa shape index (κ2) is 8.06. The Morgan fingerprint density at radius 2 is 1.69 bits per heavy atom. The molecule has 0 spiro atoms. The van der Waals surface area contributed by atoms with Crippen molar-refractivity contribution in [2.75, 3.05) is 18.4 Å². The number of carbonyl (C=O) groups excluding carboxylic acids is 2. The first-order valence-corrected chi connectivity index (χ1v) is 9.50. The Morgan fingerprint density at radius 3 is 2.24 bits per heavy atom. The van der Waals surface area contributed by atoms with Crippen LogP contribution in [0.25, 0.3) is 0 Å². The molecule has 0 aliphatic carbocycles. The molecule has 1 aliphatic rings. The Balaban J connectivity index is 1.92. The van der Waals surface area contributed by atoms with Crippen molar-refractivity contribution < 1.29 is 22.8 Å². The van der Waals surface area contributed by atoms with E-state index in [-0.39, 0.29) is 11.6 Å². The number of amides is 2. The number of rotatable bonds is 3. The molecule has 2 amide bonds. The molecule has 29 heavy (non-hydrogen) atoms. The van der Waals surface area contributed by atoms with Crippen molar-refractivity contribution in [3.8, 4) is 0 Å². The number of benzene rings is 2. The molecule has 3 rings (SSSR count). The van der Waals surface area contributed by atoms with Crippen molar-refractivity contribution >= 4 is 29.1 Å². The van der Waals surface area contributed by atoms with Crippen LogP contribution in [0.3, 0.4) is 0 Å². The fourth-order valence-corrected chi connectivity index (χ4v) is 3.90. The molecule has 2 aromatic rings. The molecule has 0 bridgehead atoms. The van der Waals surface area contributed by atoms with Gasteiger partial charge in [0.15, 0.2) is 0 Å². The Hall–Kier alpha value is -2.54. The van der Waals surface area contributed by atoms with Gasteiger partial charge in [-0.05, 0) is 36.6 Å². The number of carbonyl (C=O) groups is 2. The highest BCUT2D eigenvalue weighted by Crippen LogP contribution is 2.39. The minimum Gasteiger partial charge on any atom is -0.343 e. The normalized spacial score (nSPS) is 16.4. The molecule has 1 fully saturated rings. The minimum absolute atomic E-state index is 0.0241. The second-order valence-corrected chi connectivity index (χ2v) is 7.51. The van der Waals surface area contributed by atoms with E-state index in [1.165, 1.54) is 13.0 Å². The fraction of sp³-hybridized carbons (Fsp3) is 0.333. The summed E-state index contributed by atoms with van der Waals surface area (Å²) in [4.78, 5) is 26.6. The summed E-state index contributed by atoms with van der Waals surface area (Å²) in [6.45, 7) is 2.26. The van der Waals surface area contributed by atoms with E-state index < -0.39 is 28.1 Å². The maximum absolute atomic E-state index is 13.3. The minimum atomic E-state index is -4.62. The molecule has 1 aliphatic heterocycles. The van der Waals surface area contributed by atoms with Crippen LogP contribution in [-0.4, -0.2) is 29.8 Å². The first-order chi connectivity index (χ1) is 13.6. The molecule has 0 unspecified atom stereocenters. The molecule has 8 heteroatoms. The van der Waals surface area contributed by atoms with Gasteiger partial charge in [0.1, 0.15) is 0 Å². The molecule has 4 nitrogen and oxygen atoms in total. The van der Waals surface area contributed by atoms with E-state index >= 15 is 0 Å². The predicted molar refractivity (Wildman–Crippen MR) is 105 cm³/mol. The van der Waals surface area contributed by atoms with E-state index in [0.717, 1.165) is 17.7 Å². The predicted octanol–water partition coefficient (Wildman–Crippen LogP) is 4.88. The number of halogens is 4. The Labute approximate surface area is 171 Å². The molecule has 1 heterocycles. The van der Waals surface area contributed by atoms with Crippen LogP contribution >= 0.6 is 11.6 Å². The average Bonchev–Trinajstić information content (AvgIpc) is 2.69. The van der Waals surface area contributed by atoms with Crippen LogP contribution in [0.5, 0.6) is 0 Å². The van der Waals surface area contributed by atoms with Gasteiger partial charge in [-0.3, -0.25) is 9.59 Å². The van der Waals surface area contributed by atoms with E-state index in [0.29, 0.717) is 25.9 Å². The Kier molecular flexibility index (Phi) is 5.89. The van der Waals surface area contributed by atoms with Gasteiger partial charge in [-0.2, -0.15) is 13.2 Å². The number of nitrogens with one attached hydrogen (secondary N) is 1. The summed E-state index contributed by atoms with van der Waals surface area (Å²) in [6, 6.07) is 12.4. The van der Waals surface area contributed by atoms with Gasteiger partial charge in [-0.15, -0.1) is 0 Å². The zero-order valence-electron chi connectivity index (χ0n) is 15.7. The summed E-state index contributed by atoms with van der Waals surface area (Å²) in [5, 5.41) is 2.21. The lowest BCUT2D eigenvalue weighted by Crippen LogP contribution is -2.50. The SMILES string of the molecule is CC(=O)N1CCC(C(=O)Nc2ccc(Cl)c(C(F)(F)F)c2)(c2ccccc2)CC1. The van der Waals surface area contributed by atoms with Crippen molar-refractivity contribution in [3.05, 3.63) is 64.7 Å². The van der Waals surface area contributed by atoms with Crippen LogP contribution in [-0.2, 0) is 21.2 Å².